The quantitative estimate of drug-likeness (QED) is 0.772. The Morgan fingerprint density at radius 3 is 2.60 bits per heavy atom. The molecular weight excluding hydrogens is 320 g/mol. The number of aromatic nitrogens is 3. The highest BCUT2D eigenvalue weighted by Crippen LogP contribution is 2.16. The van der Waals surface area contributed by atoms with Crippen LogP contribution in [0.2, 0.25) is 0 Å². The molecule has 0 aliphatic carbocycles. The second-order valence-corrected chi connectivity index (χ2v) is 5.49. The Bertz CT molecular complexity index is 905. The van der Waals surface area contributed by atoms with Gasteiger partial charge in [-0.1, -0.05) is 12.1 Å². The van der Waals surface area contributed by atoms with Gasteiger partial charge >= 0.3 is 5.97 Å². The zero-order chi connectivity index (χ0) is 17.8. The van der Waals surface area contributed by atoms with Crippen LogP contribution in [0.1, 0.15) is 26.4 Å². The molecule has 2 aromatic heterocycles. The van der Waals surface area contributed by atoms with E-state index in [2.05, 4.69) is 9.97 Å². The van der Waals surface area contributed by atoms with E-state index in [0.29, 0.717) is 23.5 Å². The number of carboxylic acids is 1. The maximum atomic E-state index is 12.4. The molecule has 1 amide bonds. The van der Waals surface area contributed by atoms with Crippen LogP contribution in [0.5, 0.6) is 0 Å². The normalized spacial score (nSPS) is 10.4. The van der Waals surface area contributed by atoms with Crippen molar-refractivity contribution in [3.63, 3.8) is 0 Å². The molecule has 0 fully saturated rings. The number of amides is 1. The fourth-order valence-corrected chi connectivity index (χ4v) is 2.49. The SMILES string of the molecule is CN(Cc1cn(-c2ccccc2C(=O)O)cn1)C(=O)c1ccncc1. The minimum atomic E-state index is -1.00. The molecule has 0 bridgehead atoms. The van der Waals surface area contributed by atoms with Gasteiger partial charge in [-0.05, 0) is 24.3 Å². The standard InChI is InChI=1S/C18H16N4O3/c1-21(17(23)13-6-8-19-9-7-13)10-14-11-22(12-20-14)16-5-3-2-4-15(16)18(24)25/h2-9,11-12H,10H2,1H3,(H,24,25). The molecule has 0 aliphatic heterocycles. The van der Waals surface area contributed by atoms with E-state index in [-0.39, 0.29) is 11.5 Å². The van der Waals surface area contributed by atoms with Gasteiger partial charge in [0.2, 0.25) is 0 Å². The number of pyridine rings is 1. The lowest BCUT2D eigenvalue weighted by atomic mass is 10.2. The average Bonchev–Trinajstić information content (AvgIpc) is 3.10. The molecule has 0 aliphatic rings. The summed E-state index contributed by atoms with van der Waals surface area (Å²) < 4.78 is 1.64. The monoisotopic (exact) mass is 336 g/mol. The molecular formula is C18H16N4O3. The van der Waals surface area contributed by atoms with E-state index in [9.17, 15) is 14.7 Å². The van der Waals surface area contributed by atoms with E-state index in [1.807, 2.05) is 0 Å². The van der Waals surface area contributed by atoms with Crippen molar-refractivity contribution in [1.29, 1.82) is 0 Å². The summed E-state index contributed by atoms with van der Waals surface area (Å²) in [6, 6.07) is 9.99. The molecule has 2 heterocycles. The molecule has 0 unspecified atom stereocenters. The lowest BCUT2D eigenvalue weighted by Crippen LogP contribution is -2.26. The van der Waals surface area contributed by atoms with Crippen LogP contribution in [-0.4, -0.2) is 43.5 Å². The van der Waals surface area contributed by atoms with Crippen LogP contribution in [0.15, 0.2) is 61.3 Å². The summed E-state index contributed by atoms with van der Waals surface area (Å²) in [7, 11) is 1.69. The number of hydrogen-bond donors (Lipinski definition) is 1. The zero-order valence-corrected chi connectivity index (χ0v) is 13.5. The van der Waals surface area contributed by atoms with E-state index < -0.39 is 5.97 Å². The number of para-hydroxylation sites is 1. The first-order valence-corrected chi connectivity index (χ1v) is 7.57. The van der Waals surface area contributed by atoms with Crippen molar-refractivity contribution in [2.45, 2.75) is 6.54 Å². The fraction of sp³-hybridized carbons (Fsp3) is 0.111. The van der Waals surface area contributed by atoms with Gasteiger partial charge in [-0.2, -0.15) is 0 Å². The van der Waals surface area contributed by atoms with Crippen molar-refractivity contribution in [3.8, 4) is 5.69 Å². The Labute approximate surface area is 144 Å². The van der Waals surface area contributed by atoms with Gasteiger partial charge in [-0.25, -0.2) is 9.78 Å². The number of aromatic carboxylic acids is 1. The number of benzene rings is 1. The lowest BCUT2D eigenvalue weighted by Gasteiger charge is -2.15. The third-order valence-electron chi connectivity index (χ3n) is 3.72. The van der Waals surface area contributed by atoms with Gasteiger partial charge in [0.25, 0.3) is 5.91 Å². The van der Waals surface area contributed by atoms with E-state index >= 15 is 0 Å². The molecule has 7 heteroatoms. The Kier molecular flexibility index (Phi) is 4.56. The molecule has 3 rings (SSSR count). The highest BCUT2D eigenvalue weighted by atomic mass is 16.4. The first kappa shape index (κ1) is 16.4. The maximum Gasteiger partial charge on any atom is 0.337 e. The number of hydrogen-bond acceptors (Lipinski definition) is 4. The van der Waals surface area contributed by atoms with Crippen molar-refractivity contribution >= 4 is 11.9 Å². The molecule has 0 saturated carbocycles. The summed E-state index contributed by atoms with van der Waals surface area (Å²) in [5.41, 5.74) is 1.92. The van der Waals surface area contributed by atoms with Crippen molar-refractivity contribution in [3.05, 3.63) is 78.1 Å². The Hall–Kier alpha value is -3.48. The van der Waals surface area contributed by atoms with Crippen molar-refractivity contribution < 1.29 is 14.7 Å². The molecule has 1 aromatic carbocycles. The third-order valence-corrected chi connectivity index (χ3v) is 3.72. The molecule has 0 saturated heterocycles. The molecule has 0 atom stereocenters. The molecule has 7 nitrogen and oxygen atoms in total. The number of carbonyl (C=O) groups is 2. The van der Waals surface area contributed by atoms with Crippen LogP contribution >= 0.6 is 0 Å². The third kappa shape index (κ3) is 3.55. The summed E-state index contributed by atoms with van der Waals surface area (Å²) >= 11 is 0. The maximum absolute atomic E-state index is 12.4. The summed E-state index contributed by atoms with van der Waals surface area (Å²) in [6.45, 7) is 0.309. The summed E-state index contributed by atoms with van der Waals surface area (Å²) in [5.74, 6) is -1.14. The lowest BCUT2D eigenvalue weighted by molar-refractivity contribution is 0.0696. The second kappa shape index (κ2) is 6.96. The van der Waals surface area contributed by atoms with Gasteiger partial charge in [-0.15, -0.1) is 0 Å². The zero-order valence-electron chi connectivity index (χ0n) is 13.5. The highest BCUT2D eigenvalue weighted by molar-refractivity contribution is 5.94. The average molecular weight is 336 g/mol. The smallest absolute Gasteiger partial charge is 0.337 e. The summed E-state index contributed by atoms with van der Waals surface area (Å²) in [4.78, 5) is 33.4. The second-order valence-electron chi connectivity index (χ2n) is 5.49. The van der Waals surface area contributed by atoms with Gasteiger partial charge in [-0.3, -0.25) is 9.78 Å². The van der Waals surface area contributed by atoms with Gasteiger partial charge in [0.05, 0.1) is 29.8 Å². The first-order valence-electron chi connectivity index (χ1n) is 7.57. The van der Waals surface area contributed by atoms with Gasteiger partial charge in [0.1, 0.15) is 0 Å². The predicted molar refractivity (Wildman–Crippen MR) is 90.6 cm³/mol. The van der Waals surface area contributed by atoms with E-state index in [1.54, 1.807) is 71.8 Å². The number of nitrogens with zero attached hydrogens (tertiary/aromatic N) is 4. The largest absolute Gasteiger partial charge is 0.478 e. The molecule has 1 N–H and O–H groups in total. The van der Waals surface area contributed by atoms with Gasteiger partial charge in [0.15, 0.2) is 0 Å². The summed E-state index contributed by atoms with van der Waals surface area (Å²) in [5, 5.41) is 9.29. The Morgan fingerprint density at radius 1 is 1.16 bits per heavy atom. The Balaban J connectivity index is 1.79. The molecule has 3 aromatic rings. The fourth-order valence-electron chi connectivity index (χ4n) is 2.49. The number of carbonyl (C=O) groups excluding carboxylic acids is 1. The van der Waals surface area contributed by atoms with Crippen molar-refractivity contribution in [1.82, 2.24) is 19.4 Å². The van der Waals surface area contributed by atoms with E-state index in [4.69, 9.17) is 0 Å². The molecule has 126 valence electrons. The molecule has 0 radical (unpaired) electrons. The summed E-state index contributed by atoms with van der Waals surface area (Å²) in [6.07, 6.45) is 6.40. The van der Waals surface area contributed by atoms with Crippen LogP contribution in [-0.2, 0) is 6.54 Å². The van der Waals surface area contributed by atoms with Crippen molar-refractivity contribution in [2.24, 2.45) is 0 Å². The Morgan fingerprint density at radius 2 is 1.88 bits per heavy atom. The van der Waals surface area contributed by atoms with Crippen molar-refractivity contribution in [2.75, 3.05) is 7.05 Å². The predicted octanol–water partition coefficient (Wildman–Crippen LogP) is 2.24. The minimum Gasteiger partial charge on any atom is -0.478 e. The van der Waals surface area contributed by atoms with Crippen LogP contribution in [0.25, 0.3) is 5.69 Å². The number of imidazole rings is 1. The van der Waals surface area contributed by atoms with E-state index in [0.717, 1.165) is 0 Å². The topological polar surface area (TPSA) is 88.3 Å². The number of rotatable bonds is 5. The molecule has 25 heavy (non-hydrogen) atoms. The van der Waals surface area contributed by atoms with Crippen LogP contribution in [0, 0.1) is 0 Å². The van der Waals surface area contributed by atoms with Crippen LogP contribution in [0.4, 0.5) is 0 Å². The number of carboxylic acid groups (broad SMARTS) is 1. The van der Waals surface area contributed by atoms with Gasteiger partial charge < -0.3 is 14.6 Å². The van der Waals surface area contributed by atoms with E-state index in [1.165, 1.54) is 6.07 Å². The van der Waals surface area contributed by atoms with Crippen LogP contribution in [0.3, 0.4) is 0 Å². The van der Waals surface area contributed by atoms with Crippen LogP contribution < -0.4 is 0 Å². The minimum absolute atomic E-state index is 0.136. The van der Waals surface area contributed by atoms with Gasteiger partial charge in [0, 0.05) is 31.2 Å². The molecule has 0 spiro atoms. The first-order chi connectivity index (χ1) is 12.1. The highest BCUT2D eigenvalue weighted by Gasteiger charge is 2.15.